The standard InChI is InChI=1S/C20H17N5O3/c1-27-16-6-4-14(5-7-16)13-22-20-23-18(15-8-10-21-11-9-15)24-25(20)19(26)17-3-2-12-28-17/h2-12H,13H2,1H3,(H,22,23,24). The minimum atomic E-state index is -0.407. The summed E-state index contributed by atoms with van der Waals surface area (Å²) in [5.41, 5.74) is 1.76. The first-order valence-corrected chi connectivity index (χ1v) is 8.57. The van der Waals surface area contributed by atoms with Crippen LogP contribution in [0.3, 0.4) is 0 Å². The molecule has 4 rings (SSSR count). The Kier molecular flexibility index (Phi) is 4.83. The molecule has 0 spiro atoms. The molecule has 0 amide bonds. The van der Waals surface area contributed by atoms with Crippen molar-refractivity contribution < 1.29 is 13.9 Å². The largest absolute Gasteiger partial charge is 0.497 e. The summed E-state index contributed by atoms with van der Waals surface area (Å²) in [6.07, 6.45) is 4.74. The van der Waals surface area contributed by atoms with Crippen molar-refractivity contribution in [2.24, 2.45) is 0 Å². The third kappa shape index (κ3) is 3.61. The number of methoxy groups -OCH3 is 1. The molecule has 0 saturated heterocycles. The molecule has 0 saturated carbocycles. The van der Waals surface area contributed by atoms with Gasteiger partial charge in [-0.25, -0.2) is 0 Å². The number of ether oxygens (including phenoxy) is 1. The van der Waals surface area contributed by atoms with Crippen LogP contribution in [0.25, 0.3) is 11.4 Å². The number of nitrogens with one attached hydrogen (secondary N) is 1. The van der Waals surface area contributed by atoms with Crippen LogP contribution in [-0.2, 0) is 6.54 Å². The number of rotatable bonds is 6. The molecule has 28 heavy (non-hydrogen) atoms. The molecule has 0 aliphatic rings. The molecule has 0 bridgehead atoms. The van der Waals surface area contributed by atoms with Crippen molar-refractivity contribution in [1.29, 1.82) is 0 Å². The third-order valence-corrected chi connectivity index (χ3v) is 4.08. The van der Waals surface area contributed by atoms with Crippen LogP contribution < -0.4 is 10.1 Å². The molecule has 1 aromatic carbocycles. The number of anilines is 1. The summed E-state index contributed by atoms with van der Waals surface area (Å²) in [5.74, 6) is 1.29. The van der Waals surface area contributed by atoms with Gasteiger partial charge in [-0.2, -0.15) is 9.67 Å². The molecular weight excluding hydrogens is 358 g/mol. The summed E-state index contributed by atoms with van der Waals surface area (Å²) in [6.45, 7) is 0.462. The van der Waals surface area contributed by atoms with E-state index in [1.165, 1.54) is 10.9 Å². The van der Waals surface area contributed by atoms with Crippen LogP contribution in [0.4, 0.5) is 5.95 Å². The van der Waals surface area contributed by atoms with E-state index in [4.69, 9.17) is 9.15 Å². The molecule has 0 aliphatic heterocycles. The Labute approximate surface area is 160 Å². The predicted octanol–water partition coefficient (Wildman–Crippen LogP) is 3.24. The summed E-state index contributed by atoms with van der Waals surface area (Å²) < 4.78 is 11.6. The number of aromatic nitrogens is 4. The number of hydrogen-bond acceptors (Lipinski definition) is 7. The molecule has 0 atom stereocenters. The molecule has 0 aliphatic carbocycles. The molecule has 3 aromatic heterocycles. The average molecular weight is 375 g/mol. The van der Waals surface area contributed by atoms with Gasteiger partial charge in [0.1, 0.15) is 5.75 Å². The van der Waals surface area contributed by atoms with Crippen molar-refractivity contribution >= 4 is 11.9 Å². The highest BCUT2D eigenvalue weighted by Crippen LogP contribution is 2.19. The maximum absolute atomic E-state index is 12.8. The summed E-state index contributed by atoms with van der Waals surface area (Å²) in [5, 5.41) is 7.53. The highest BCUT2D eigenvalue weighted by Gasteiger charge is 2.20. The second-order valence-corrected chi connectivity index (χ2v) is 5.89. The maximum atomic E-state index is 12.8. The Hall–Kier alpha value is -3.94. The maximum Gasteiger partial charge on any atom is 0.317 e. The summed E-state index contributed by atoms with van der Waals surface area (Å²) in [6, 6.07) is 14.4. The quantitative estimate of drug-likeness (QED) is 0.553. The van der Waals surface area contributed by atoms with E-state index in [1.807, 2.05) is 24.3 Å². The number of pyridine rings is 1. The summed E-state index contributed by atoms with van der Waals surface area (Å²) in [4.78, 5) is 21.2. The van der Waals surface area contributed by atoms with Crippen LogP contribution in [0.2, 0.25) is 0 Å². The molecule has 0 fully saturated rings. The molecule has 8 heteroatoms. The third-order valence-electron chi connectivity index (χ3n) is 4.08. The fourth-order valence-electron chi connectivity index (χ4n) is 2.62. The van der Waals surface area contributed by atoms with E-state index >= 15 is 0 Å². The minimum absolute atomic E-state index is 0.179. The Morgan fingerprint density at radius 3 is 2.61 bits per heavy atom. The van der Waals surface area contributed by atoms with Gasteiger partial charge in [0.2, 0.25) is 5.95 Å². The normalized spacial score (nSPS) is 10.6. The lowest BCUT2D eigenvalue weighted by Crippen LogP contribution is -2.17. The molecule has 4 aromatic rings. The summed E-state index contributed by atoms with van der Waals surface area (Å²) in [7, 11) is 1.62. The van der Waals surface area contributed by atoms with Gasteiger partial charge in [-0.15, -0.1) is 5.10 Å². The fraction of sp³-hybridized carbons (Fsp3) is 0.100. The van der Waals surface area contributed by atoms with Crippen molar-refractivity contribution in [1.82, 2.24) is 19.7 Å². The highest BCUT2D eigenvalue weighted by atomic mass is 16.5. The van der Waals surface area contributed by atoms with E-state index in [9.17, 15) is 4.79 Å². The Morgan fingerprint density at radius 2 is 1.93 bits per heavy atom. The van der Waals surface area contributed by atoms with Gasteiger partial charge in [-0.1, -0.05) is 12.1 Å². The zero-order valence-electron chi connectivity index (χ0n) is 15.1. The van der Waals surface area contributed by atoms with Crippen molar-refractivity contribution in [3.63, 3.8) is 0 Å². The van der Waals surface area contributed by atoms with Crippen molar-refractivity contribution in [3.8, 4) is 17.1 Å². The van der Waals surface area contributed by atoms with E-state index in [-0.39, 0.29) is 5.76 Å². The van der Waals surface area contributed by atoms with Crippen LogP contribution in [0.1, 0.15) is 16.1 Å². The number of carbonyl (C=O) groups excluding carboxylic acids is 1. The lowest BCUT2D eigenvalue weighted by atomic mass is 10.2. The lowest BCUT2D eigenvalue weighted by molar-refractivity contribution is 0.0919. The molecule has 8 nitrogen and oxygen atoms in total. The average Bonchev–Trinajstić information content (AvgIpc) is 3.43. The Bertz CT molecular complexity index is 1060. The van der Waals surface area contributed by atoms with Crippen molar-refractivity contribution in [2.45, 2.75) is 6.54 Å². The second-order valence-electron chi connectivity index (χ2n) is 5.89. The van der Waals surface area contributed by atoms with Gasteiger partial charge in [0, 0.05) is 24.5 Å². The lowest BCUT2D eigenvalue weighted by Gasteiger charge is -2.07. The molecule has 0 radical (unpaired) electrons. The van der Waals surface area contributed by atoms with E-state index in [0.29, 0.717) is 18.3 Å². The Morgan fingerprint density at radius 1 is 1.14 bits per heavy atom. The number of nitrogens with zero attached hydrogens (tertiary/aromatic N) is 4. The van der Waals surface area contributed by atoms with Crippen LogP contribution in [0.15, 0.2) is 71.6 Å². The first-order valence-electron chi connectivity index (χ1n) is 8.57. The van der Waals surface area contributed by atoms with Crippen LogP contribution in [0.5, 0.6) is 5.75 Å². The van der Waals surface area contributed by atoms with Gasteiger partial charge in [0.05, 0.1) is 13.4 Å². The Balaban J connectivity index is 1.63. The zero-order valence-corrected chi connectivity index (χ0v) is 15.1. The summed E-state index contributed by atoms with van der Waals surface area (Å²) >= 11 is 0. The first-order chi connectivity index (χ1) is 13.7. The van der Waals surface area contributed by atoms with E-state index < -0.39 is 5.91 Å². The molecule has 1 N–H and O–H groups in total. The van der Waals surface area contributed by atoms with Gasteiger partial charge in [0.15, 0.2) is 11.6 Å². The molecule has 140 valence electrons. The first kappa shape index (κ1) is 17.5. The zero-order chi connectivity index (χ0) is 19.3. The van der Waals surface area contributed by atoms with E-state index in [0.717, 1.165) is 16.9 Å². The van der Waals surface area contributed by atoms with E-state index in [2.05, 4.69) is 20.4 Å². The molecular formula is C20H17N5O3. The van der Waals surface area contributed by atoms with Gasteiger partial charge in [-0.05, 0) is 42.0 Å². The van der Waals surface area contributed by atoms with Crippen LogP contribution >= 0.6 is 0 Å². The van der Waals surface area contributed by atoms with Crippen LogP contribution in [0, 0.1) is 0 Å². The number of hydrogen-bond donors (Lipinski definition) is 1. The van der Waals surface area contributed by atoms with Crippen molar-refractivity contribution in [2.75, 3.05) is 12.4 Å². The molecule has 3 heterocycles. The van der Waals surface area contributed by atoms with Gasteiger partial charge >= 0.3 is 5.91 Å². The number of carbonyl (C=O) groups is 1. The highest BCUT2D eigenvalue weighted by molar-refractivity contribution is 5.94. The minimum Gasteiger partial charge on any atom is -0.497 e. The van der Waals surface area contributed by atoms with Gasteiger partial charge < -0.3 is 14.5 Å². The van der Waals surface area contributed by atoms with Crippen molar-refractivity contribution in [3.05, 3.63) is 78.5 Å². The number of furan rings is 1. The SMILES string of the molecule is COc1ccc(CNc2nc(-c3ccncc3)nn2C(=O)c2ccco2)cc1. The smallest absolute Gasteiger partial charge is 0.317 e. The fourth-order valence-corrected chi connectivity index (χ4v) is 2.62. The van der Waals surface area contributed by atoms with Crippen LogP contribution in [-0.4, -0.2) is 32.8 Å². The molecule has 0 unspecified atom stereocenters. The predicted molar refractivity (Wildman–Crippen MR) is 102 cm³/mol. The topological polar surface area (TPSA) is 95.1 Å². The van der Waals surface area contributed by atoms with E-state index in [1.54, 1.807) is 43.8 Å². The van der Waals surface area contributed by atoms with Gasteiger partial charge in [-0.3, -0.25) is 9.78 Å². The van der Waals surface area contributed by atoms with Gasteiger partial charge in [0.25, 0.3) is 0 Å². The second kappa shape index (κ2) is 7.75. The number of benzene rings is 1. The monoisotopic (exact) mass is 375 g/mol.